The number of amides is 1. The molecule has 1 aromatic carbocycles. The maximum atomic E-state index is 12.5. The van der Waals surface area contributed by atoms with E-state index in [9.17, 15) is 4.79 Å². The summed E-state index contributed by atoms with van der Waals surface area (Å²) in [6.45, 7) is 1.99. The molecule has 1 aliphatic carbocycles. The van der Waals surface area contributed by atoms with Gasteiger partial charge in [0.2, 0.25) is 11.7 Å². The van der Waals surface area contributed by atoms with E-state index in [4.69, 9.17) is 4.52 Å². The minimum Gasteiger partial charge on any atom is -0.344 e. The maximum Gasteiger partial charge on any atom is 0.270 e. The van der Waals surface area contributed by atoms with Crippen molar-refractivity contribution in [2.24, 2.45) is 7.05 Å². The average molecular weight is 351 g/mol. The fourth-order valence-corrected chi connectivity index (χ4v) is 3.45. The van der Waals surface area contributed by atoms with E-state index in [1.54, 1.807) is 24.0 Å². The van der Waals surface area contributed by atoms with Crippen LogP contribution in [-0.2, 0) is 19.9 Å². The van der Waals surface area contributed by atoms with Gasteiger partial charge in [0.1, 0.15) is 5.69 Å². The Morgan fingerprint density at radius 1 is 1.38 bits per heavy atom. The van der Waals surface area contributed by atoms with Crippen LogP contribution in [0.2, 0.25) is 0 Å². The smallest absolute Gasteiger partial charge is 0.270 e. The van der Waals surface area contributed by atoms with Crippen molar-refractivity contribution in [1.29, 1.82) is 0 Å². The van der Waals surface area contributed by atoms with Crippen molar-refractivity contribution in [2.45, 2.75) is 38.6 Å². The number of fused-ring (bicyclic) bond motifs is 1. The van der Waals surface area contributed by atoms with Gasteiger partial charge >= 0.3 is 0 Å². The molecule has 2 heterocycles. The highest BCUT2D eigenvalue weighted by molar-refractivity contribution is 5.92. The summed E-state index contributed by atoms with van der Waals surface area (Å²) in [7, 11) is 1.77. The van der Waals surface area contributed by atoms with Gasteiger partial charge in [0.25, 0.3) is 5.91 Å². The summed E-state index contributed by atoms with van der Waals surface area (Å²) < 4.78 is 6.80. The lowest BCUT2D eigenvalue weighted by molar-refractivity contribution is 0.0923. The Kier molecular flexibility index (Phi) is 4.28. The van der Waals surface area contributed by atoms with E-state index >= 15 is 0 Å². The maximum absolute atomic E-state index is 12.5. The first-order valence-corrected chi connectivity index (χ1v) is 8.90. The van der Waals surface area contributed by atoms with Gasteiger partial charge in [-0.1, -0.05) is 24.2 Å². The van der Waals surface area contributed by atoms with Gasteiger partial charge in [-0.2, -0.15) is 10.1 Å². The molecule has 0 saturated heterocycles. The van der Waals surface area contributed by atoms with Crippen LogP contribution in [0.25, 0.3) is 11.4 Å². The largest absolute Gasteiger partial charge is 0.344 e. The Morgan fingerprint density at radius 2 is 2.27 bits per heavy atom. The second kappa shape index (κ2) is 6.74. The van der Waals surface area contributed by atoms with E-state index < -0.39 is 0 Å². The van der Waals surface area contributed by atoms with Crippen LogP contribution in [0.3, 0.4) is 0 Å². The first-order valence-electron chi connectivity index (χ1n) is 8.90. The van der Waals surface area contributed by atoms with Crippen molar-refractivity contribution in [3.63, 3.8) is 0 Å². The second-order valence-electron chi connectivity index (χ2n) is 6.54. The van der Waals surface area contributed by atoms with Crippen molar-refractivity contribution in [3.05, 3.63) is 53.2 Å². The van der Waals surface area contributed by atoms with Crippen molar-refractivity contribution in [2.75, 3.05) is 0 Å². The number of aryl methyl sites for hydroxylation is 3. The zero-order chi connectivity index (χ0) is 18.1. The predicted octanol–water partition coefficient (Wildman–Crippen LogP) is 2.84. The monoisotopic (exact) mass is 351 g/mol. The molecule has 7 heteroatoms. The Labute approximate surface area is 151 Å². The lowest BCUT2D eigenvalue weighted by Crippen LogP contribution is -2.32. The third kappa shape index (κ3) is 3.00. The Balaban J connectivity index is 1.58. The molecular formula is C19H21N5O2. The topological polar surface area (TPSA) is 85.8 Å². The molecule has 0 radical (unpaired) electrons. The van der Waals surface area contributed by atoms with Crippen molar-refractivity contribution in [1.82, 2.24) is 25.2 Å². The van der Waals surface area contributed by atoms with Crippen LogP contribution in [-0.4, -0.2) is 25.8 Å². The molecule has 1 amide bonds. The molecule has 134 valence electrons. The number of carbonyl (C=O) groups is 1. The first-order chi connectivity index (χ1) is 12.7. The Morgan fingerprint density at radius 3 is 3.00 bits per heavy atom. The molecule has 0 unspecified atom stereocenters. The molecule has 0 saturated carbocycles. The quantitative estimate of drug-likeness (QED) is 0.781. The van der Waals surface area contributed by atoms with Crippen molar-refractivity contribution in [3.8, 4) is 11.4 Å². The third-order valence-corrected chi connectivity index (χ3v) is 4.84. The summed E-state index contributed by atoms with van der Waals surface area (Å²) in [4.78, 5) is 16.9. The summed E-state index contributed by atoms with van der Waals surface area (Å²) in [6.07, 6.45) is 5.29. The number of nitrogens with one attached hydrogen (secondary N) is 1. The first kappa shape index (κ1) is 16.5. The predicted molar refractivity (Wildman–Crippen MR) is 95.5 cm³/mol. The Hall–Kier alpha value is -2.96. The third-order valence-electron chi connectivity index (χ3n) is 4.84. The second-order valence-corrected chi connectivity index (χ2v) is 6.54. The van der Waals surface area contributed by atoms with Gasteiger partial charge in [-0.25, -0.2) is 0 Å². The van der Waals surface area contributed by atoms with Gasteiger partial charge < -0.3 is 9.84 Å². The zero-order valence-corrected chi connectivity index (χ0v) is 14.9. The zero-order valence-electron chi connectivity index (χ0n) is 14.9. The molecule has 1 aliphatic rings. The normalized spacial score (nSPS) is 16.3. The number of carbonyl (C=O) groups excluding carboxylic acids is 1. The molecule has 2 aromatic heterocycles. The van der Waals surface area contributed by atoms with Gasteiger partial charge in [-0.05, 0) is 42.5 Å². The molecular weight excluding hydrogens is 330 g/mol. The molecule has 7 nitrogen and oxygen atoms in total. The number of aromatic nitrogens is 4. The van der Waals surface area contributed by atoms with Gasteiger partial charge in [0.05, 0.1) is 6.04 Å². The summed E-state index contributed by atoms with van der Waals surface area (Å²) >= 11 is 0. The van der Waals surface area contributed by atoms with Crippen LogP contribution in [0.15, 0.2) is 35.0 Å². The van der Waals surface area contributed by atoms with E-state index in [-0.39, 0.29) is 11.9 Å². The van der Waals surface area contributed by atoms with Gasteiger partial charge in [-0.15, -0.1) is 0 Å². The minimum atomic E-state index is -0.0994. The molecule has 26 heavy (non-hydrogen) atoms. The van der Waals surface area contributed by atoms with Crippen LogP contribution < -0.4 is 5.32 Å². The van der Waals surface area contributed by atoms with Gasteiger partial charge in [-0.3, -0.25) is 9.48 Å². The van der Waals surface area contributed by atoms with E-state index in [1.807, 2.05) is 13.0 Å². The summed E-state index contributed by atoms with van der Waals surface area (Å²) in [5.74, 6) is 1.16. The van der Waals surface area contributed by atoms with Crippen molar-refractivity contribution >= 4 is 5.91 Å². The van der Waals surface area contributed by atoms with Crippen LogP contribution >= 0.6 is 0 Å². The molecule has 0 spiro atoms. The van der Waals surface area contributed by atoms with E-state index in [0.29, 0.717) is 17.4 Å². The molecule has 0 aliphatic heterocycles. The highest BCUT2D eigenvalue weighted by atomic mass is 16.5. The van der Waals surface area contributed by atoms with Gasteiger partial charge in [0, 0.05) is 25.2 Å². The minimum absolute atomic E-state index is 0.00618. The van der Waals surface area contributed by atoms with Gasteiger partial charge in [0.15, 0.2) is 0 Å². The summed E-state index contributed by atoms with van der Waals surface area (Å²) in [6, 6.07) is 7.91. The summed E-state index contributed by atoms with van der Waals surface area (Å²) in [5.41, 5.74) is 3.90. The number of rotatable bonds is 4. The highest BCUT2D eigenvalue weighted by Gasteiger charge is 2.24. The average Bonchev–Trinajstić information content (AvgIpc) is 3.30. The van der Waals surface area contributed by atoms with E-state index in [0.717, 1.165) is 36.8 Å². The number of hydrogen-bond acceptors (Lipinski definition) is 5. The lowest BCUT2D eigenvalue weighted by atomic mass is 9.86. The number of benzene rings is 1. The van der Waals surface area contributed by atoms with E-state index in [1.165, 1.54) is 5.56 Å². The summed E-state index contributed by atoms with van der Waals surface area (Å²) in [5, 5.41) is 11.3. The molecule has 1 atom stereocenters. The molecule has 4 rings (SSSR count). The molecule has 0 bridgehead atoms. The molecule has 3 aromatic rings. The van der Waals surface area contributed by atoms with Crippen LogP contribution in [0.4, 0.5) is 0 Å². The van der Waals surface area contributed by atoms with Crippen LogP contribution in [0, 0.1) is 0 Å². The molecule has 1 N–H and O–H groups in total. The van der Waals surface area contributed by atoms with Crippen LogP contribution in [0.1, 0.15) is 53.3 Å². The highest BCUT2D eigenvalue weighted by Crippen LogP contribution is 2.32. The van der Waals surface area contributed by atoms with Crippen LogP contribution in [0.5, 0.6) is 0 Å². The number of hydrogen-bond donors (Lipinski definition) is 1. The fraction of sp³-hybridized carbons (Fsp3) is 0.368. The molecule has 0 fully saturated rings. The fourth-order valence-electron chi connectivity index (χ4n) is 3.45. The number of nitrogens with zero attached hydrogens (tertiary/aromatic N) is 4. The SMILES string of the molecule is CCc1nc(-c2ccc3c(c2)CCC[C@H]3NC(=O)c2ccnn2C)no1. The lowest BCUT2D eigenvalue weighted by Gasteiger charge is -2.26. The van der Waals surface area contributed by atoms with E-state index in [2.05, 4.69) is 32.7 Å². The van der Waals surface area contributed by atoms with Crippen molar-refractivity contribution < 1.29 is 9.32 Å². The standard InChI is InChI=1S/C19H21N5O2/c1-3-17-22-18(23-26-17)13-7-8-14-12(11-13)5-4-6-15(14)21-19(25)16-9-10-20-24(16)2/h7-11,15H,3-6H2,1-2H3,(H,21,25)/t15-/m1/s1. The Bertz CT molecular complexity index is 943.